The van der Waals surface area contributed by atoms with E-state index in [9.17, 15) is 4.79 Å². The molecule has 0 radical (unpaired) electrons. The van der Waals surface area contributed by atoms with Gasteiger partial charge in [-0.25, -0.2) is 4.98 Å². The van der Waals surface area contributed by atoms with Crippen molar-refractivity contribution in [1.82, 2.24) is 19.2 Å². The summed E-state index contributed by atoms with van der Waals surface area (Å²) in [5, 5.41) is 2.99. The normalized spacial score (nSPS) is 15.8. The fourth-order valence-electron chi connectivity index (χ4n) is 3.02. The number of hydrogen-bond donors (Lipinski definition) is 0. The third-order valence-corrected chi connectivity index (χ3v) is 6.23. The summed E-state index contributed by atoms with van der Waals surface area (Å²) in [6.45, 7) is 4.51. The van der Waals surface area contributed by atoms with Crippen LogP contribution in [0, 0.1) is 0 Å². The predicted octanol–water partition coefficient (Wildman–Crippen LogP) is 2.83. The molecule has 0 spiro atoms. The van der Waals surface area contributed by atoms with Gasteiger partial charge in [0.15, 0.2) is 5.16 Å². The molecule has 0 unspecified atom stereocenters. The molecular weight excluding hydrogens is 352 g/mol. The third-order valence-electron chi connectivity index (χ3n) is 4.41. The lowest BCUT2D eigenvalue weighted by Crippen LogP contribution is -2.48. The Morgan fingerprint density at radius 2 is 2.04 bits per heavy atom. The summed E-state index contributed by atoms with van der Waals surface area (Å²) in [5.41, 5.74) is 1.06. The largest absolute Gasteiger partial charge is 0.339 e. The van der Waals surface area contributed by atoms with Crippen LogP contribution in [0.15, 0.2) is 53.3 Å². The third kappa shape index (κ3) is 3.89. The van der Waals surface area contributed by atoms with E-state index in [-0.39, 0.29) is 5.91 Å². The Balaban J connectivity index is 1.28. The Hall–Kier alpha value is -1.83. The van der Waals surface area contributed by atoms with Gasteiger partial charge in [-0.05, 0) is 23.6 Å². The van der Waals surface area contributed by atoms with Gasteiger partial charge < -0.3 is 4.90 Å². The van der Waals surface area contributed by atoms with Gasteiger partial charge in [-0.15, -0.1) is 11.3 Å². The minimum Gasteiger partial charge on any atom is -0.339 e. The molecule has 4 rings (SSSR count). The van der Waals surface area contributed by atoms with E-state index in [1.807, 2.05) is 39.9 Å². The number of nitrogens with zero attached hydrogens (tertiary/aromatic N) is 4. The second kappa shape index (κ2) is 7.59. The van der Waals surface area contributed by atoms with E-state index in [1.54, 1.807) is 11.3 Å². The van der Waals surface area contributed by atoms with Crippen LogP contribution in [0.4, 0.5) is 0 Å². The van der Waals surface area contributed by atoms with E-state index in [2.05, 4.69) is 27.4 Å². The number of thiophene rings is 1. The first-order valence-electron chi connectivity index (χ1n) is 8.37. The van der Waals surface area contributed by atoms with Crippen LogP contribution in [0.5, 0.6) is 0 Å². The van der Waals surface area contributed by atoms with Crippen molar-refractivity contribution >= 4 is 34.5 Å². The highest BCUT2D eigenvalue weighted by Crippen LogP contribution is 2.19. The van der Waals surface area contributed by atoms with Crippen molar-refractivity contribution in [3.8, 4) is 0 Å². The van der Waals surface area contributed by atoms with Crippen LogP contribution in [-0.2, 0) is 11.3 Å². The van der Waals surface area contributed by atoms with Gasteiger partial charge in [-0.1, -0.05) is 23.9 Å². The number of fused-ring (bicyclic) bond motifs is 1. The van der Waals surface area contributed by atoms with Crippen molar-refractivity contribution in [2.75, 3.05) is 31.9 Å². The predicted molar refractivity (Wildman–Crippen MR) is 102 cm³/mol. The van der Waals surface area contributed by atoms with Crippen LogP contribution in [0.2, 0.25) is 0 Å². The topological polar surface area (TPSA) is 40.9 Å². The lowest BCUT2D eigenvalue weighted by molar-refractivity contribution is -0.130. The first kappa shape index (κ1) is 16.6. The molecule has 1 amide bonds. The van der Waals surface area contributed by atoms with E-state index in [1.165, 1.54) is 16.6 Å². The number of carbonyl (C=O) groups is 1. The molecular formula is C18H20N4OS2. The van der Waals surface area contributed by atoms with E-state index in [0.717, 1.165) is 43.4 Å². The molecule has 0 bridgehead atoms. The molecule has 7 heteroatoms. The summed E-state index contributed by atoms with van der Waals surface area (Å²) in [6.07, 6.45) is 3.83. The molecule has 0 saturated carbocycles. The van der Waals surface area contributed by atoms with Crippen molar-refractivity contribution < 1.29 is 4.79 Å². The first-order chi connectivity index (χ1) is 12.3. The molecule has 0 aliphatic carbocycles. The molecule has 5 nitrogen and oxygen atoms in total. The summed E-state index contributed by atoms with van der Waals surface area (Å²) in [6, 6.07) is 10.3. The lowest BCUT2D eigenvalue weighted by Gasteiger charge is -2.34. The number of imidazole rings is 1. The molecule has 1 aliphatic rings. The van der Waals surface area contributed by atoms with Crippen molar-refractivity contribution in [2.45, 2.75) is 11.7 Å². The molecule has 0 atom stereocenters. The number of amides is 1. The SMILES string of the molecule is O=C(CSc1ncc2ccccn12)N1CCN(Cc2cccs2)CC1. The van der Waals surface area contributed by atoms with Crippen LogP contribution in [0.1, 0.15) is 4.88 Å². The van der Waals surface area contributed by atoms with Gasteiger partial charge in [0.25, 0.3) is 0 Å². The molecule has 4 heterocycles. The monoisotopic (exact) mass is 372 g/mol. The van der Waals surface area contributed by atoms with Crippen molar-refractivity contribution in [3.05, 3.63) is 53.0 Å². The smallest absolute Gasteiger partial charge is 0.233 e. The van der Waals surface area contributed by atoms with Crippen molar-refractivity contribution in [2.24, 2.45) is 0 Å². The number of thioether (sulfide) groups is 1. The molecule has 3 aromatic rings. The fraction of sp³-hybridized carbons (Fsp3) is 0.333. The minimum atomic E-state index is 0.202. The van der Waals surface area contributed by atoms with Crippen LogP contribution in [0.25, 0.3) is 5.52 Å². The highest BCUT2D eigenvalue weighted by Gasteiger charge is 2.21. The second-order valence-electron chi connectivity index (χ2n) is 6.06. The number of aromatic nitrogens is 2. The van der Waals surface area contributed by atoms with Crippen LogP contribution in [-0.4, -0.2) is 57.0 Å². The molecule has 1 fully saturated rings. The van der Waals surface area contributed by atoms with Crippen LogP contribution in [0.3, 0.4) is 0 Å². The Kier molecular flexibility index (Phi) is 5.05. The van der Waals surface area contributed by atoms with E-state index < -0.39 is 0 Å². The lowest BCUT2D eigenvalue weighted by atomic mass is 10.3. The Morgan fingerprint density at radius 1 is 1.16 bits per heavy atom. The molecule has 0 N–H and O–H groups in total. The van der Waals surface area contributed by atoms with Crippen molar-refractivity contribution in [1.29, 1.82) is 0 Å². The number of rotatable bonds is 5. The maximum atomic E-state index is 12.5. The number of carbonyl (C=O) groups excluding carboxylic acids is 1. The molecule has 130 valence electrons. The van der Waals surface area contributed by atoms with E-state index >= 15 is 0 Å². The Bertz CT molecular complexity index is 838. The highest BCUT2D eigenvalue weighted by molar-refractivity contribution is 7.99. The zero-order valence-electron chi connectivity index (χ0n) is 13.9. The van der Waals surface area contributed by atoms with Gasteiger partial charge in [-0.2, -0.15) is 0 Å². The standard InChI is InChI=1S/C18H20N4OS2/c23-17(14-25-18-19-12-15-4-1-2-6-22(15)18)21-9-7-20(8-10-21)13-16-5-3-11-24-16/h1-6,11-12H,7-10,13-14H2. The average molecular weight is 373 g/mol. The van der Waals surface area contributed by atoms with E-state index in [4.69, 9.17) is 0 Å². The maximum Gasteiger partial charge on any atom is 0.233 e. The first-order valence-corrected chi connectivity index (χ1v) is 10.2. The summed E-state index contributed by atoms with van der Waals surface area (Å²) in [7, 11) is 0. The molecule has 3 aromatic heterocycles. The average Bonchev–Trinajstić information content (AvgIpc) is 3.30. The van der Waals surface area contributed by atoms with Gasteiger partial charge in [0.2, 0.25) is 5.91 Å². The van der Waals surface area contributed by atoms with Crippen LogP contribution < -0.4 is 0 Å². The van der Waals surface area contributed by atoms with Gasteiger partial charge >= 0.3 is 0 Å². The summed E-state index contributed by atoms with van der Waals surface area (Å²) < 4.78 is 2.02. The van der Waals surface area contributed by atoms with Gasteiger partial charge in [0.1, 0.15) is 0 Å². The fourth-order valence-corrected chi connectivity index (χ4v) is 4.64. The zero-order chi connectivity index (χ0) is 17.1. The number of hydrogen-bond acceptors (Lipinski definition) is 5. The summed E-state index contributed by atoms with van der Waals surface area (Å²) >= 11 is 3.31. The summed E-state index contributed by atoms with van der Waals surface area (Å²) in [4.78, 5) is 22.7. The highest BCUT2D eigenvalue weighted by atomic mass is 32.2. The maximum absolute atomic E-state index is 12.5. The zero-order valence-corrected chi connectivity index (χ0v) is 15.5. The van der Waals surface area contributed by atoms with Crippen molar-refractivity contribution in [3.63, 3.8) is 0 Å². The Labute approximate surface area is 155 Å². The summed E-state index contributed by atoms with van der Waals surface area (Å²) in [5.74, 6) is 0.646. The molecule has 1 aliphatic heterocycles. The molecule has 0 aromatic carbocycles. The molecule has 25 heavy (non-hydrogen) atoms. The Morgan fingerprint density at radius 3 is 2.84 bits per heavy atom. The van der Waals surface area contributed by atoms with Gasteiger partial charge in [0, 0.05) is 43.8 Å². The molecule has 1 saturated heterocycles. The quantitative estimate of drug-likeness (QED) is 0.646. The second-order valence-corrected chi connectivity index (χ2v) is 8.04. The van der Waals surface area contributed by atoms with Gasteiger partial charge in [0.05, 0.1) is 17.5 Å². The van der Waals surface area contributed by atoms with Gasteiger partial charge in [-0.3, -0.25) is 14.1 Å². The number of pyridine rings is 1. The number of piperazine rings is 1. The van der Waals surface area contributed by atoms with Crippen LogP contribution >= 0.6 is 23.1 Å². The minimum absolute atomic E-state index is 0.202. The van der Waals surface area contributed by atoms with E-state index in [0.29, 0.717) is 5.75 Å².